The van der Waals surface area contributed by atoms with Crippen LogP contribution in [0.1, 0.15) is 24.0 Å². The highest BCUT2D eigenvalue weighted by molar-refractivity contribution is 5.74. The van der Waals surface area contributed by atoms with Crippen molar-refractivity contribution in [2.24, 2.45) is 0 Å². The molecule has 1 aliphatic rings. The molecule has 0 spiro atoms. The Kier molecular flexibility index (Phi) is 4.72. The number of halogens is 3. The maximum Gasteiger partial charge on any atom is 0.416 e. The Morgan fingerprint density at radius 1 is 1.33 bits per heavy atom. The van der Waals surface area contributed by atoms with E-state index in [2.05, 4.69) is 5.32 Å². The Hall–Kier alpha value is -1.76. The van der Waals surface area contributed by atoms with E-state index >= 15 is 0 Å². The monoisotopic (exact) mass is 302 g/mol. The van der Waals surface area contributed by atoms with E-state index in [0.29, 0.717) is 25.1 Å². The molecular formula is C14H17F3N2O2. The van der Waals surface area contributed by atoms with Crippen LogP contribution in [0.25, 0.3) is 0 Å². The average molecular weight is 302 g/mol. The predicted octanol–water partition coefficient (Wildman–Crippen LogP) is 2.37. The van der Waals surface area contributed by atoms with Gasteiger partial charge < -0.3 is 15.3 Å². The third-order valence-electron chi connectivity index (χ3n) is 3.41. The molecular weight excluding hydrogens is 285 g/mol. The molecule has 0 radical (unpaired) electrons. The van der Waals surface area contributed by atoms with E-state index in [4.69, 9.17) is 0 Å². The summed E-state index contributed by atoms with van der Waals surface area (Å²) in [4.78, 5) is 13.4. The second-order valence-electron chi connectivity index (χ2n) is 5.10. The normalized spacial score (nSPS) is 19.4. The van der Waals surface area contributed by atoms with Gasteiger partial charge in [0.25, 0.3) is 0 Å². The summed E-state index contributed by atoms with van der Waals surface area (Å²) in [6, 6.07) is 4.36. The van der Waals surface area contributed by atoms with Gasteiger partial charge in [-0.25, -0.2) is 4.79 Å². The first-order valence-electron chi connectivity index (χ1n) is 6.73. The van der Waals surface area contributed by atoms with Crippen LogP contribution < -0.4 is 5.32 Å². The van der Waals surface area contributed by atoms with E-state index in [1.165, 1.54) is 17.0 Å². The van der Waals surface area contributed by atoms with Gasteiger partial charge in [0.05, 0.1) is 11.7 Å². The van der Waals surface area contributed by atoms with E-state index < -0.39 is 17.8 Å². The number of aliphatic hydroxyl groups excluding tert-OH is 1. The van der Waals surface area contributed by atoms with Gasteiger partial charge in [-0.15, -0.1) is 0 Å². The zero-order valence-electron chi connectivity index (χ0n) is 11.4. The smallest absolute Gasteiger partial charge is 0.391 e. The lowest BCUT2D eigenvalue weighted by atomic mass is 10.1. The maximum atomic E-state index is 12.4. The molecule has 116 valence electrons. The Balaban J connectivity index is 1.86. The number of piperidine rings is 1. The molecule has 1 fully saturated rings. The van der Waals surface area contributed by atoms with Crippen molar-refractivity contribution in [1.82, 2.24) is 10.2 Å². The van der Waals surface area contributed by atoms with Crippen molar-refractivity contribution >= 4 is 6.03 Å². The molecule has 0 aromatic heterocycles. The van der Waals surface area contributed by atoms with Crippen LogP contribution in [-0.4, -0.2) is 35.2 Å². The van der Waals surface area contributed by atoms with Gasteiger partial charge in [-0.3, -0.25) is 0 Å². The van der Waals surface area contributed by atoms with Crippen LogP contribution in [0, 0.1) is 0 Å². The molecule has 0 bridgehead atoms. The van der Waals surface area contributed by atoms with Crippen molar-refractivity contribution in [3.05, 3.63) is 35.4 Å². The van der Waals surface area contributed by atoms with Crippen molar-refractivity contribution in [3.63, 3.8) is 0 Å². The summed E-state index contributed by atoms with van der Waals surface area (Å²) in [5.74, 6) is 0. The lowest BCUT2D eigenvalue weighted by Crippen LogP contribution is -2.46. The van der Waals surface area contributed by atoms with Crippen LogP contribution in [0.5, 0.6) is 0 Å². The van der Waals surface area contributed by atoms with Gasteiger partial charge in [0, 0.05) is 19.6 Å². The number of amides is 2. The highest BCUT2D eigenvalue weighted by Gasteiger charge is 2.30. The number of carbonyl (C=O) groups excluding carboxylic acids is 1. The standard InChI is InChI=1S/C14H17F3N2O2/c15-14(16,17)11-5-3-10(4-6-11)8-18-13(21)19-7-1-2-12(20)9-19/h3-6,12,20H,1-2,7-9H2,(H,18,21). The number of nitrogens with one attached hydrogen (secondary N) is 1. The summed E-state index contributed by atoms with van der Waals surface area (Å²) in [7, 11) is 0. The number of nitrogens with zero attached hydrogens (tertiary/aromatic N) is 1. The number of likely N-dealkylation sites (tertiary alicyclic amines) is 1. The maximum absolute atomic E-state index is 12.4. The number of hydrogen-bond acceptors (Lipinski definition) is 2. The number of urea groups is 1. The number of β-amino-alcohol motifs (C(OH)–C–C–N with tert-alkyl or cyclic N) is 1. The molecule has 1 aromatic carbocycles. The van der Waals surface area contributed by atoms with Crippen molar-refractivity contribution in [2.45, 2.75) is 31.7 Å². The third-order valence-corrected chi connectivity index (χ3v) is 3.41. The minimum Gasteiger partial charge on any atom is -0.391 e. The van der Waals surface area contributed by atoms with Gasteiger partial charge in [0.2, 0.25) is 0 Å². The summed E-state index contributed by atoms with van der Waals surface area (Å²) in [5.41, 5.74) is -0.120. The second-order valence-corrected chi connectivity index (χ2v) is 5.10. The van der Waals surface area contributed by atoms with Crippen LogP contribution in [0.2, 0.25) is 0 Å². The Morgan fingerprint density at radius 3 is 2.57 bits per heavy atom. The summed E-state index contributed by atoms with van der Waals surface area (Å²) in [6.07, 6.45) is -3.43. The number of rotatable bonds is 2. The molecule has 2 amide bonds. The first-order chi connectivity index (χ1) is 9.86. The zero-order valence-corrected chi connectivity index (χ0v) is 11.4. The quantitative estimate of drug-likeness (QED) is 0.881. The summed E-state index contributed by atoms with van der Waals surface area (Å²) < 4.78 is 37.2. The van der Waals surface area contributed by atoms with E-state index in [1.54, 1.807) is 0 Å². The fourth-order valence-corrected chi connectivity index (χ4v) is 2.24. The SMILES string of the molecule is O=C(NCc1ccc(C(F)(F)F)cc1)N1CCCC(O)C1. The summed E-state index contributed by atoms with van der Waals surface area (Å²) >= 11 is 0. The minimum absolute atomic E-state index is 0.156. The zero-order chi connectivity index (χ0) is 15.5. The minimum atomic E-state index is -4.36. The average Bonchev–Trinajstić information content (AvgIpc) is 2.44. The van der Waals surface area contributed by atoms with Crippen LogP contribution >= 0.6 is 0 Å². The van der Waals surface area contributed by atoms with E-state index in [1.807, 2.05) is 0 Å². The van der Waals surface area contributed by atoms with Crippen molar-refractivity contribution < 1.29 is 23.1 Å². The second kappa shape index (κ2) is 6.34. The molecule has 7 heteroatoms. The van der Waals surface area contributed by atoms with Gasteiger partial charge in [0.15, 0.2) is 0 Å². The highest BCUT2D eigenvalue weighted by atomic mass is 19.4. The van der Waals surface area contributed by atoms with Gasteiger partial charge in [-0.05, 0) is 30.5 Å². The number of hydrogen-bond donors (Lipinski definition) is 2. The van der Waals surface area contributed by atoms with Gasteiger partial charge >= 0.3 is 12.2 Å². The topological polar surface area (TPSA) is 52.6 Å². The Morgan fingerprint density at radius 2 is 2.00 bits per heavy atom. The molecule has 0 saturated carbocycles. The molecule has 1 atom stereocenters. The molecule has 1 aromatic rings. The van der Waals surface area contributed by atoms with E-state index in [9.17, 15) is 23.1 Å². The van der Waals surface area contributed by atoms with Crippen molar-refractivity contribution in [3.8, 4) is 0 Å². The van der Waals surface area contributed by atoms with Crippen molar-refractivity contribution in [1.29, 1.82) is 0 Å². The Labute approximate surface area is 120 Å². The molecule has 4 nitrogen and oxygen atoms in total. The van der Waals surface area contributed by atoms with E-state index in [-0.39, 0.29) is 12.6 Å². The molecule has 1 saturated heterocycles. The van der Waals surface area contributed by atoms with Gasteiger partial charge in [0.1, 0.15) is 0 Å². The molecule has 1 unspecified atom stereocenters. The van der Waals surface area contributed by atoms with Gasteiger partial charge in [-0.1, -0.05) is 12.1 Å². The first-order valence-corrected chi connectivity index (χ1v) is 6.73. The molecule has 2 N–H and O–H groups in total. The molecule has 1 aliphatic heterocycles. The number of benzene rings is 1. The highest BCUT2D eigenvalue weighted by Crippen LogP contribution is 2.29. The number of alkyl halides is 3. The number of carbonyl (C=O) groups is 1. The predicted molar refractivity (Wildman–Crippen MR) is 70.5 cm³/mol. The van der Waals surface area contributed by atoms with Crippen molar-refractivity contribution in [2.75, 3.05) is 13.1 Å². The molecule has 1 heterocycles. The van der Waals surface area contributed by atoms with Crippen LogP contribution in [0.4, 0.5) is 18.0 Å². The van der Waals surface area contributed by atoms with Crippen LogP contribution in [0.15, 0.2) is 24.3 Å². The lowest BCUT2D eigenvalue weighted by molar-refractivity contribution is -0.137. The number of aliphatic hydroxyl groups is 1. The lowest BCUT2D eigenvalue weighted by Gasteiger charge is -2.30. The third kappa shape index (κ3) is 4.35. The fourth-order valence-electron chi connectivity index (χ4n) is 2.24. The molecule has 2 rings (SSSR count). The van der Waals surface area contributed by atoms with Crippen LogP contribution in [0.3, 0.4) is 0 Å². The molecule has 21 heavy (non-hydrogen) atoms. The largest absolute Gasteiger partial charge is 0.416 e. The summed E-state index contributed by atoms with van der Waals surface area (Å²) in [5, 5.41) is 12.1. The summed E-state index contributed by atoms with van der Waals surface area (Å²) in [6.45, 7) is 1.03. The van der Waals surface area contributed by atoms with Crippen LogP contribution in [-0.2, 0) is 12.7 Å². The van der Waals surface area contributed by atoms with E-state index in [0.717, 1.165) is 18.6 Å². The Bertz CT molecular complexity index is 488. The van der Waals surface area contributed by atoms with Gasteiger partial charge in [-0.2, -0.15) is 13.2 Å². The fraction of sp³-hybridized carbons (Fsp3) is 0.500. The first kappa shape index (κ1) is 15.6. The molecule has 0 aliphatic carbocycles.